The highest BCUT2D eigenvalue weighted by atomic mass is 19.4. The third-order valence-corrected chi connectivity index (χ3v) is 6.31. The van der Waals surface area contributed by atoms with Gasteiger partial charge in [0.25, 0.3) is 5.91 Å². The van der Waals surface area contributed by atoms with Crippen molar-refractivity contribution in [2.24, 2.45) is 0 Å². The molecule has 0 unspecified atom stereocenters. The van der Waals surface area contributed by atoms with Gasteiger partial charge in [0.1, 0.15) is 5.82 Å². The molecule has 1 aromatic heterocycles. The number of hydrazine groups is 1. The van der Waals surface area contributed by atoms with Crippen LogP contribution in [-0.2, 0) is 12.7 Å². The molecule has 0 saturated carbocycles. The van der Waals surface area contributed by atoms with E-state index >= 15 is 0 Å². The maximum Gasteiger partial charge on any atom is 0.416 e. The van der Waals surface area contributed by atoms with Crippen LogP contribution in [0.25, 0.3) is 0 Å². The van der Waals surface area contributed by atoms with Crippen LogP contribution in [0.4, 0.5) is 46.8 Å². The molecule has 5 rings (SSSR count). The number of benzene rings is 3. The van der Waals surface area contributed by atoms with E-state index in [4.69, 9.17) is 0 Å². The van der Waals surface area contributed by atoms with Crippen molar-refractivity contribution in [3.05, 3.63) is 101 Å². The van der Waals surface area contributed by atoms with Gasteiger partial charge in [-0.15, -0.1) is 0 Å². The summed E-state index contributed by atoms with van der Waals surface area (Å²) >= 11 is 0. The summed E-state index contributed by atoms with van der Waals surface area (Å²) in [6, 6.07) is 18.2. The van der Waals surface area contributed by atoms with Crippen LogP contribution < -0.4 is 26.0 Å². The molecule has 0 aliphatic carbocycles. The van der Waals surface area contributed by atoms with Crippen molar-refractivity contribution in [2.45, 2.75) is 19.6 Å². The summed E-state index contributed by atoms with van der Waals surface area (Å²) in [5, 5.41) is 2.63. The molecule has 0 fully saturated rings. The zero-order chi connectivity index (χ0) is 28.4. The molecule has 1 aliphatic rings. The number of fused-ring (bicyclic) bond motifs is 1. The maximum atomic E-state index is 13.4. The van der Waals surface area contributed by atoms with Crippen LogP contribution >= 0.6 is 0 Å². The topological polar surface area (TPSA) is 102 Å². The number of anilines is 5. The zero-order valence-electron chi connectivity index (χ0n) is 21.5. The summed E-state index contributed by atoms with van der Waals surface area (Å²) in [5.74, 6) is 0.0253. The number of amides is 3. The average Bonchev–Trinajstić information content (AvgIpc) is 2.95. The molecule has 0 bridgehead atoms. The number of urea groups is 1. The van der Waals surface area contributed by atoms with Crippen LogP contribution in [0.2, 0.25) is 0 Å². The second-order valence-electron chi connectivity index (χ2n) is 9.12. The number of aromatic nitrogens is 2. The highest BCUT2D eigenvalue weighted by molar-refractivity contribution is 6.07. The van der Waals surface area contributed by atoms with Gasteiger partial charge >= 0.3 is 12.2 Å². The lowest BCUT2D eigenvalue weighted by Gasteiger charge is -2.35. The van der Waals surface area contributed by atoms with Gasteiger partial charge in [-0.25, -0.2) is 9.78 Å². The van der Waals surface area contributed by atoms with E-state index in [1.807, 2.05) is 37.3 Å². The van der Waals surface area contributed by atoms with E-state index in [1.54, 1.807) is 31.4 Å². The maximum absolute atomic E-state index is 13.4. The zero-order valence-corrected chi connectivity index (χ0v) is 21.5. The van der Waals surface area contributed by atoms with Crippen molar-refractivity contribution in [3.8, 4) is 0 Å². The fourth-order valence-electron chi connectivity index (χ4n) is 4.23. The average molecular weight is 548 g/mol. The van der Waals surface area contributed by atoms with Gasteiger partial charge in [0.2, 0.25) is 5.95 Å². The van der Waals surface area contributed by atoms with Crippen LogP contribution in [0.3, 0.4) is 0 Å². The molecule has 12 heteroatoms. The molecule has 40 heavy (non-hydrogen) atoms. The number of carbonyl (C=O) groups excluding carboxylic acids is 2. The molecule has 9 nitrogen and oxygen atoms in total. The first-order valence-electron chi connectivity index (χ1n) is 12.2. The number of carbonyl (C=O) groups is 2. The van der Waals surface area contributed by atoms with Crippen LogP contribution in [-0.4, -0.2) is 29.0 Å². The largest absolute Gasteiger partial charge is 0.416 e. The number of hydrogen-bond acceptors (Lipinski definition) is 6. The van der Waals surface area contributed by atoms with Crippen molar-refractivity contribution < 1.29 is 22.8 Å². The highest BCUT2D eigenvalue weighted by Crippen LogP contribution is 2.34. The quantitative estimate of drug-likeness (QED) is 0.253. The second kappa shape index (κ2) is 10.6. The van der Waals surface area contributed by atoms with Gasteiger partial charge < -0.3 is 5.32 Å². The molecule has 0 saturated heterocycles. The molecule has 3 aromatic carbocycles. The molecule has 2 heterocycles. The number of aryl methyl sites for hydroxylation is 1. The molecule has 0 radical (unpaired) electrons. The summed E-state index contributed by atoms with van der Waals surface area (Å²) in [6.45, 7) is 1.99. The third-order valence-electron chi connectivity index (χ3n) is 6.31. The summed E-state index contributed by atoms with van der Waals surface area (Å²) in [6.07, 6.45) is -2.94. The Morgan fingerprint density at radius 3 is 2.48 bits per heavy atom. The summed E-state index contributed by atoms with van der Waals surface area (Å²) in [5.41, 5.74) is 8.00. The third kappa shape index (κ3) is 5.51. The number of nitrogens with zero attached hydrogens (tertiary/aromatic N) is 4. The number of para-hydroxylation sites is 1. The molecular weight excluding hydrogens is 523 g/mol. The minimum atomic E-state index is -4.57. The number of hydrogen-bond donors (Lipinski definition) is 3. The van der Waals surface area contributed by atoms with Gasteiger partial charge in [0, 0.05) is 30.1 Å². The standard InChI is InChI=1S/C28H24F3N7O2/c1-17-11-12-22(33-25(39)18-7-6-8-20(13-18)28(29,30)31)14-23(17)38-16-19-15-32-26(34-24(19)37(2)27(38)40)36-35-21-9-4-3-5-10-21/h3-15,35H,16H2,1-2H3,(H,33,39)(H,32,34,36). The predicted molar refractivity (Wildman–Crippen MR) is 146 cm³/mol. The Kier molecular flexibility index (Phi) is 6.99. The number of nitrogens with one attached hydrogen (secondary N) is 3. The lowest BCUT2D eigenvalue weighted by Crippen LogP contribution is -2.46. The Labute approximate surface area is 227 Å². The summed E-state index contributed by atoms with van der Waals surface area (Å²) in [7, 11) is 1.60. The van der Waals surface area contributed by atoms with E-state index in [-0.39, 0.29) is 24.1 Å². The molecule has 3 amide bonds. The van der Waals surface area contributed by atoms with Gasteiger partial charge in [-0.3, -0.25) is 25.4 Å². The van der Waals surface area contributed by atoms with Crippen molar-refractivity contribution in [3.63, 3.8) is 0 Å². The van der Waals surface area contributed by atoms with Crippen molar-refractivity contribution >= 4 is 40.8 Å². The van der Waals surface area contributed by atoms with Crippen molar-refractivity contribution in [1.29, 1.82) is 0 Å². The van der Waals surface area contributed by atoms with Crippen LogP contribution in [0.5, 0.6) is 0 Å². The molecule has 204 valence electrons. The fraction of sp³-hybridized carbons (Fsp3) is 0.143. The van der Waals surface area contributed by atoms with Gasteiger partial charge in [0.05, 0.1) is 23.5 Å². The number of halogens is 3. The molecule has 3 N–H and O–H groups in total. The van der Waals surface area contributed by atoms with Crippen LogP contribution in [0, 0.1) is 6.92 Å². The lowest BCUT2D eigenvalue weighted by atomic mass is 10.1. The Hall–Kier alpha value is -5.13. The van der Waals surface area contributed by atoms with E-state index < -0.39 is 17.6 Å². The molecule has 4 aromatic rings. The minimum absolute atomic E-state index is 0.136. The first-order valence-corrected chi connectivity index (χ1v) is 12.2. The minimum Gasteiger partial charge on any atom is -0.322 e. The van der Waals surface area contributed by atoms with Gasteiger partial charge in [-0.05, 0) is 55.0 Å². The lowest BCUT2D eigenvalue weighted by molar-refractivity contribution is -0.137. The summed E-state index contributed by atoms with van der Waals surface area (Å²) in [4.78, 5) is 37.9. The van der Waals surface area contributed by atoms with Gasteiger partial charge in [-0.1, -0.05) is 30.3 Å². The molecule has 0 atom stereocenters. The van der Waals surface area contributed by atoms with Gasteiger partial charge in [0.15, 0.2) is 0 Å². The van der Waals surface area contributed by atoms with E-state index in [0.717, 1.165) is 23.4 Å². The van der Waals surface area contributed by atoms with E-state index in [9.17, 15) is 22.8 Å². The van der Waals surface area contributed by atoms with E-state index in [1.165, 1.54) is 21.9 Å². The summed E-state index contributed by atoms with van der Waals surface area (Å²) < 4.78 is 39.2. The number of rotatable bonds is 6. The Bertz CT molecular complexity index is 1580. The fourth-order valence-corrected chi connectivity index (χ4v) is 4.23. The first kappa shape index (κ1) is 26.5. The highest BCUT2D eigenvalue weighted by Gasteiger charge is 2.32. The van der Waals surface area contributed by atoms with Crippen LogP contribution in [0.15, 0.2) is 79.0 Å². The monoisotopic (exact) mass is 547 g/mol. The van der Waals surface area contributed by atoms with E-state index in [0.29, 0.717) is 22.8 Å². The predicted octanol–water partition coefficient (Wildman–Crippen LogP) is 6.07. The van der Waals surface area contributed by atoms with Crippen LogP contribution in [0.1, 0.15) is 27.0 Å². The normalized spacial score (nSPS) is 13.1. The van der Waals surface area contributed by atoms with Gasteiger partial charge in [-0.2, -0.15) is 18.2 Å². The van der Waals surface area contributed by atoms with Crippen molar-refractivity contribution in [2.75, 3.05) is 33.0 Å². The Morgan fingerprint density at radius 2 is 1.73 bits per heavy atom. The smallest absolute Gasteiger partial charge is 0.322 e. The molecule has 0 spiro atoms. The molecule has 1 aliphatic heterocycles. The first-order chi connectivity index (χ1) is 19.1. The molecular formula is C28H24F3N7O2. The Morgan fingerprint density at radius 1 is 0.950 bits per heavy atom. The SMILES string of the molecule is Cc1ccc(NC(=O)c2cccc(C(F)(F)F)c2)cc1N1Cc2cnc(NNc3ccccc3)nc2N(C)C1=O. The Balaban J connectivity index is 1.35. The van der Waals surface area contributed by atoms with E-state index in [2.05, 4.69) is 26.1 Å². The second-order valence-corrected chi connectivity index (χ2v) is 9.12. The number of alkyl halides is 3. The van der Waals surface area contributed by atoms with Crippen molar-refractivity contribution in [1.82, 2.24) is 9.97 Å².